The number of amidine groups is 1. The van der Waals surface area contributed by atoms with Crippen LogP contribution in [0.4, 0.5) is 5.69 Å². The Balaban J connectivity index is 1.69. The molecule has 3 nitrogen and oxygen atoms in total. The second-order valence-corrected chi connectivity index (χ2v) is 6.61. The van der Waals surface area contributed by atoms with Crippen LogP contribution >= 0.6 is 11.8 Å². The van der Waals surface area contributed by atoms with Gasteiger partial charge in [0.1, 0.15) is 0 Å². The standard InChI is InChI=1S/C16H25N3S/c1-13(2)15-12-20-16(18-15)17-10-7-11-19(3)14-8-5-4-6-9-14/h4-6,8-9,13,15H,7,10-12H2,1-3H3,(H,17,18). The van der Waals surface area contributed by atoms with Crippen molar-refractivity contribution in [2.45, 2.75) is 26.3 Å². The number of para-hydroxylation sites is 1. The van der Waals surface area contributed by atoms with Crippen LogP contribution < -0.4 is 10.2 Å². The van der Waals surface area contributed by atoms with Gasteiger partial charge in [0.2, 0.25) is 0 Å². The number of nitrogens with one attached hydrogen (secondary N) is 1. The van der Waals surface area contributed by atoms with Gasteiger partial charge in [0.25, 0.3) is 0 Å². The van der Waals surface area contributed by atoms with E-state index >= 15 is 0 Å². The third-order valence-corrected chi connectivity index (χ3v) is 4.66. The Bertz CT molecular complexity index is 431. The minimum absolute atomic E-state index is 0.589. The number of hydrogen-bond acceptors (Lipinski definition) is 3. The molecule has 0 aromatic heterocycles. The predicted molar refractivity (Wildman–Crippen MR) is 90.9 cm³/mol. The maximum absolute atomic E-state index is 4.66. The molecule has 0 saturated carbocycles. The molecule has 1 fully saturated rings. The predicted octanol–water partition coefficient (Wildman–Crippen LogP) is 3.23. The third-order valence-electron chi connectivity index (χ3n) is 3.62. The molecule has 1 aliphatic heterocycles. The monoisotopic (exact) mass is 291 g/mol. The Morgan fingerprint density at radius 1 is 1.35 bits per heavy atom. The Hall–Kier alpha value is -1.16. The summed E-state index contributed by atoms with van der Waals surface area (Å²) in [6.45, 7) is 6.46. The van der Waals surface area contributed by atoms with Gasteiger partial charge < -0.3 is 10.2 Å². The van der Waals surface area contributed by atoms with Crippen molar-refractivity contribution in [1.82, 2.24) is 5.32 Å². The summed E-state index contributed by atoms with van der Waals surface area (Å²) in [6.07, 6.45) is 1.09. The van der Waals surface area contributed by atoms with Gasteiger partial charge in [0.05, 0.1) is 0 Å². The molecule has 1 saturated heterocycles. The molecule has 1 atom stereocenters. The van der Waals surface area contributed by atoms with Gasteiger partial charge in [0.15, 0.2) is 5.17 Å². The lowest BCUT2D eigenvalue weighted by Gasteiger charge is -2.18. The van der Waals surface area contributed by atoms with Crippen LogP contribution in [0.25, 0.3) is 0 Å². The molecule has 0 aliphatic carbocycles. The Labute approximate surface area is 126 Å². The summed E-state index contributed by atoms with van der Waals surface area (Å²) < 4.78 is 0. The van der Waals surface area contributed by atoms with E-state index in [0.29, 0.717) is 12.0 Å². The van der Waals surface area contributed by atoms with E-state index in [1.807, 2.05) is 11.8 Å². The van der Waals surface area contributed by atoms with Crippen LogP contribution in [0, 0.1) is 5.92 Å². The van der Waals surface area contributed by atoms with Gasteiger partial charge in [-0.2, -0.15) is 0 Å². The topological polar surface area (TPSA) is 27.6 Å². The summed E-state index contributed by atoms with van der Waals surface area (Å²) in [4.78, 5) is 6.95. The van der Waals surface area contributed by atoms with Crippen molar-refractivity contribution in [2.24, 2.45) is 10.9 Å². The van der Waals surface area contributed by atoms with E-state index in [-0.39, 0.29) is 0 Å². The van der Waals surface area contributed by atoms with Crippen molar-refractivity contribution in [3.63, 3.8) is 0 Å². The van der Waals surface area contributed by atoms with Gasteiger partial charge in [-0.1, -0.05) is 43.8 Å². The van der Waals surface area contributed by atoms with Crippen molar-refractivity contribution in [3.8, 4) is 0 Å². The summed E-state index contributed by atoms with van der Waals surface area (Å²) >= 11 is 1.86. The molecule has 0 radical (unpaired) electrons. The van der Waals surface area contributed by atoms with Crippen molar-refractivity contribution in [3.05, 3.63) is 30.3 Å². The van der Waals surface area contributed by atoms with Gasteiger partial charge >= 0.3 is 0 Å². The third kappa shape index (κ3) is 4.44. The molecule has 0 spiro atoms. The number of hydrogen-bond donors (Lipinski definition) is 1. The number of nitrogens with zero attached hydrogens (tertiary/aromatic N) is 2. The first-order valence-electron chi connectivity index (χ1n) is 7.37. The van der Waals surface area contributed by atoms with Gasteiger partial charge in [-0.25, -0.2) is 0 Å². The number of anilines is 1. The minimum atomic E-state index is 0.589. The van der Waals surface area contributed by atoms with Gasteiger partial charge in [-0.15, -0.1) is 0 Å². The average molecular weight is 291 g/mol. The Kier molecular flexibility index (Phi) is 5.77. The fourth-order valence-electron chi connectivity index (χ4n) is 2.16. The molecule has 0 amide bonds. The first kappa shape index (κ1) is 15.2. The molecule has 1 aromatic carbocycles. The molecule has 1 N–H and O–H groups in total. The van der Waals surface area contributed by atoms with Crippen LogP contribution in [-0.2, 0) is 0 Å². The zero-order chi connectivity index (χ0) is 14.4. The summed E-state index contributed by atoms with van der Waals surface area (Å²) in [7, 11) is 2.14. The van der Waals surface area contributed by atoms with E-state index < -0.39 is 0 Å². The molecule has 2 rings (SSSR count). The molecular weight excluding hydrogens is 266 g/mol. The Morgan fingerprint density at radius 3 is 2.75 bits per heavy atom. The second-order valence-electron chi connectivity index (χ2n) is 5.60. The smallest absolute Gasteiger partial charge is 0.156 e. The molecule has 4 heteroatoms. The quantitative estimate of drug-likeness (QED) is 0.816. The number of thioether (sulfide) groups is 1. The fraction of sp³-hybridized carbons (Fsp3) is 0.562. The highest BCUT2D eigenvalue weighted by Gasteiger charge is 2.22. The van der Waals surface area contributed by atoms with Gasteiger partial charge in [0, 0.05) is 37.6 Å². The van der Waals surface area contributed by atoms with E-state index in [1.54, 1.807) is 0 Å². The molecule has 0 bridgehead atoms. The molecule has 1 aliphatic rings. The first-order valence-corrected chi connectivity index (χ1v) is 8.35. The largest absolute Gasteiger partial charge is 0.375 e. The van der Waals surface area contributed by atoms with Crippen molar-refractivity contribution < 1.29 is 0 Å². The lowest BCUT2D eigenvalue weighted by atomic mass is 10.1. The van der Waals surface area contributed by atoms with E-state index in [2.05, 4.69) is 66.4 Å². The maximum atomic E-state index is 4.66. The van der Waals surface area contributed by atoms with Crippen LogP contribution in [0.3, 0.4) is 0 Å². The Morgan fingerprint density at radius 2 is 2.10 bits per heavy atom. The lowest BCUT2D eigenvalue weighted by Crippen LogP contribution is -2.31. The zero-order valence-corrected chi connectivity index (χ0v) is 13.5. The van der Waals surface area contributed by atoms with Crippen LogP contribution in [0.2, 0.25) is 0 Å². The number of rotatable bonds is 6. The van der Waals surface area contributed by atoms with E-state index in [1.165, 1.54) is 5.69 Å². The fourth-order valence-corrected chi connectivity index (χ4v) is 3.38. The average Bonchev–Trinajstić information content (AvgIpc) is 2.93. The normalized spacial score (nSPS) is 20.4. The van der Waals surface area contributed by atoms with Crippen molar-refractivity contribution in [1.29, 1.82) is 0 Å². The minimum Gasteiger partial charge on any atom is -0.375 e. The first-order chi connectivity index (χ1) is 9.66. The van der Waals surface area contributed by atoms with Crippen LogP contribution in [0.15, 0.2) is 35.3 Å². The lowest BCUT2D eigenvalue weighted by molar-refractivity contribution is 0.503. The number of benzene rings is 1. The van der Waals surface area contributed by atoms with Gasteiger partial charge in [-0.3, -0.25) is 4.99 Å². The second kappa shape index (κ2) is 7.58. The molecular formula is C16H25N3S. The van der Waals surface area contributed by atoms with Gasteiger partial charge in [-0.05, 0) is 24.5 Å². The van der Waals surface area contributed by atoms with Crippen molar-refractivity contribution in [2.75, 3.05) is 30.8 Å². The number of aliphatic imine (C=N–C) groups is 1. The zero-order valence-electron chi connectivity index (χ0n) is 12.7. The SMILES string of the molecule is CC(C)C1CSC(=NCCCN(C)c2ccccc2)N1. The highest BCUT2D eigenvalue weighted by Crippen LogP contribution is 2.19. The highest BCUT2D eigenvalue weighted by molar-refractivity contribution is 8.14. The van der Waals surface area contributed by atoms with Crippen LogP contribution in [-0.4, -0.2) is 37.1 Å². The maximum Gasteiger partial charge on any atom is 0.156 e. The molecule has 1 unspecified atom stereocenters. The van der Waals surface area contributed by atoms with E-state index in [9.17, 15) is 0 Å². The summed E-state index contributed by atoms with van der Waals surface area (Å²) in [6, 6.07) is 11.1. The summed E-state index contributed by atoms with van der Waals surface area (Å²) in [5, 5.41) is 4.64. The van der Waals surface area contributed by atoms with Crippen LogP contribution in [0.1, 0.15) is 20.3 Å². The summed E-state index contributed by atoms with van der Waals surface area (Å²) in [5.74, 6) is 1.83. The molecule has 20 heavy (non-hydrogen) atoms. The van der Waals surface area contributed by atoms with E-state index in [0.717, 1.165) is 30.4 Å². The van der Waals surface area contributed by atoms with Crippen LogP contribution in [0.5, 0.6) is 0 Å². The van der Waals surface area contributed by atoms with E-state index in [4.69, 9.17) is 0 Å². The van der Waals surface area contributed by atoms with Crippen molar-refractivity contribution >= 4 is 22.6 Å². The molecule has 1 heterocycles. The molecule has 1 aromatic rings. The summed E-state index contributed by atoms with van der Waals surface area (Å²) in [5.41, 5.74) is 1.27. The molecule has 110 valence electrons. The highest BCUT2D eigenvalue weighted by atomic mass is 32.2.